The highest BCUT2D eigenvalue weighted by Gasteiger charge is 2.33. The van der Waals surface area contributed by atoms with Gasteiger partial charge in [-0.05, 0) is 23.8 Å². The van der Waals surface area contributed by atoms with E-state index in [9.17, 15) is 18.0 Å². The first-order valence-corrected chi connectivity index (χ1v) is 7.78. The van der Waals surface area contributed by atoms with Gasteiger partial charge in [0.05, 0.1) is 16.5 Å². The molecular formula is C16H10BrF3N2O. The highest BCUT2D eigenvalue weighted by molar-refractivity contribution is 9.08. The molecule has 0 saturated heterocycles. The van der Waals surface area contributed by atoms with Crippen molar-refractivity contribution in [2.75, 3.05) is 0 Å². The van der Waals surface area contributed by atoms with E-state index in [4.69, 9.17) is 0 Å². The lowest BCUT2D eigenvalue weighted by atomic mass is 10.0. The zero-order chi connectivity index (χ0) is 16.6. The molecule has 7 heteroatoms. The lowest BCUT2D eigenvalue weighted by Crippen LogP contribution is -2.11. The summed E-state index contributed by atoms with van der Waals surface area (Å²) in [5.41, 5.74) is -0.356. The van der Waals surface area contributed by atoms with Crippen LogP contribution in [0.5, 0.6) is 0 Å². The zero-order valence-corrected chi connectivity index (χ0v) is 13.2. The van der Waals surface area contributed by atoms with Crippen molar-refractivity contribution < 1.29 is 13.2 Å². The van der Waals surface area contributed by atoms with Crippen LogP contribution in [-0.4, -0.2) is 9.97 Å². The van der Waals surface area contributed by atoms with E-state index in [1.54, 1.807) is 24.3 Å². The van der Waals surface area contributed by atoms with Gasteiger partial charge in [-0.25, -0.2) is 4.98 Å². The molecule has 118 valence electrons. The maximum Gasteiger partial charge on any atom is 0.416 e. The van der Waals surface area contributed by atoms with E-state index < -0.39 is 11.7 Å². The van der Waals surface area contributed by atoms with Crippen LogP contribution in [0.15, 0.2) is 47.3 Å². The van der Waals surface area contributed by atoms with E-state index in [2.05, 4.69) is 25.9 Å². The summed E-state index contributed by atoms with van der Waals surface area (Å²) in [6.45, 7) is 0. The minimum absolute atomic E-state index is 0.0871. The molecule has 3 nitrogen and oxygen atoms in total. The third kappa shape index (κ3) is 3.01. The lowest BCUT2D eigenvalue weighted by Gasteiger charge is -2.13. The molecule has 0 bridgehead atoms. The zero-order valence-electron chi connectivity index (χ0n) is 11.6. The van der Waals surface area contributed by atoms with Gasteiger partial charge in [0.25, 0.3) is 5.56 Å². The van der Waals surface area contributed by atoms with Crippen LogP contribution in [0.2, 0.25) is 0 Å². The van der Waals surface area contributed by atoms with Crippen LogP contribution < -0.4 is 5.56 Å². The maximum atomic E-state index is 13.2. The van der Waals surface area contributed by atoms with Gasteiger partial charge in [-0.3, -0.25) is 4.79 Å². The second-order valence-corrected chi connectivity index (χ2v) is 5.50. The molecule has 0 saturated carbocycles. The van der Waals surface area contributed by atoms with Gasteiger partial charge in [0.2, 0.25) is 0 Å². The van der Waals surface area contributed by atoms with Gasteiger partial charge >= 0.3 is 6.18 Å². The first-order chi connectivity index (χ1) is 10.9. The van der Waals surface area contributed by atoms with Crippen molar-refractivity contribution in [2.45, 2.75) is 11.5 Å². The van der Waals surface area contributed by atoms with Crippen LogP contribution in [0, 0.1) is 0 Å². The van der Waals surface area contributed by atoms with Crippen LogP contribution >= 0.6 is 15.9 Å². The number of H-pyrrole nitrogens is 1. The second kappa shape index (κ2) is 5.81. The first kappa shape index (κ1) is 15.7. The summed E-state index contributed by atoms with van der Waals surface area (Å²) in [6, 6.07) is 10.6. The van der Waals surface area contributed by atoms with E-state index in [0.29, 0.717) is 10.9 Å². The van der Waals surface area contributed by atoms with Crippen molar-refractivity contribution in [3.8, 4) is 11.4 Å². The molecule has 0 radical (unpaired) electrons. The number of para-hydroxylation sites is 1. The lowest BCUT2D eigenvalue weighted by molar-refractivity contribution is -0.138. The van der Waals surface area contributed by atoms with E-state index in [0.717, 1.165) is 6.07 Å². The fraction of sp³-hybridized carbons (Fsp3) is 0.125. The molecule has 0 aliphatic heterocycles. The molecule has 0 atom stereocenters. The molecule has 0 unspecified atom stereocenters. The van der Waals surface area contributed by atoms with Crippen LogP contribution in [0.1, 0.15) is 11.1 Å². The van der Waals surface area contributed by atoms with Gasteiger partial charge in [-0.2, -0.15) is 13.2 Å². The summed E-state index contributed by atoms with van der Waals surface area (Å²) in [6.07, 6.45) is -4.48. The van der Waals surface area contributed by atoms with Crippen molar-refractivity contribution >= 4 is 26.8 Å². The van der Waals surface area contributed by atoms with Gasteiger partial charge in [-0.15, -0.1) is 0 Å². The van der Waals surface area contributed by atoms with Gasteiger partial charge in [0.15, 0.2) is 0 Å². The van der Waals surface area contributed by atoms with Crippen LogP contribution in [-0.2, 0) is 11.5 Å². The Hall–Kier alpha value is -2.15. The first-order valence-electron chi connectivity index (χ1n) is 6.65. The normalized spacial score (nSPS) is 11.8. The number of rotatable bonds is 2. The summed E-state index contributed by atoms with van der Waals surface area (Å²) >= 11 is 3.05. The molecule has 3 rings (SSSR count). The summed E-state index contributed by atoms with van der Waals surface area (Å²) in [5, 5.41) is 0.480. The average molecular weight is 383 g/mol. The number of alkyl halides is 4. The molecular weight excluding hydrogens is 373 g/mol. The monoisotopic (exact) mass is 382 g/mol. The molecule has 1 heterocycles. The fourth-order valence-corrected chi connectivity index (χ4v) is 2.82. The smallest absolute Gasteiger partial charge is 0.306 e. The van der Waals surface area contributed by atoms with Crippen LogP contribution in [0.4, 0.5) is 13.2 Å². The Morgan fingerprint density at radius 3 is 2.57 bits per heavy atom. The quantitative estimate of drug-likeness (QED) is 0.663. The van der Waals surface area contributed by atoms with Gasteiger partial charge in [0, 0.05) is 10.9 Å². The SMILES string of the molecule is O=c1[nH]c(-c2ccc(CBr)c(C(F)(F)F)c2)nc2ccccc12. The van der Waals surface area contributed by atoms with Gasteiger partial charge in [0.1, 0.15) is 5.82 Å². The largest absolute Gasteiger partial charge is 0.416 e. The molecule has 2 aromatic carbocycles. The molecule has 0 spiro atoms. The highest BCUT2D eigenvalue weighted by atomic mass is 79.9. The maximum absolute atomic E-state index is 13.2. The summed E-state index contributed by atoms with van der Waals surface area (Å²) in [4.78, 5) is 18.8. The number of halogens is 4. The minimum Gasteiger partial charge on any atom is -0.306 e. The number of benzene rings is 2. The van der Waals surface area contributed by atoms with E-state index in [1.807, 2.05) is 0 Å². The van der Waals surface area contributed by atoms with Crippen molar-refractivity contribution in [3.05, 3.63) is 63.9 Å². The van der Waals surface area contributed by atoms with Crippen molar-refractivity contribution in [1.82, 2.24) is 9.97 Å². The Balaban J connectivity index is 2.21. The number of aromatic nitrogens is 2. The Bertz CT molecular complexity index is 934. The Morgan fingerprint density at radius 2 is 1.87 bits per heavy atom. The third-order valence-corrected chi connectivity index (χ3v) is 4.05. The van der Waals surface area contributed by atoms with E-state index >= 15 is 0 Å². The number of nitrogens with one attached hydrogen (secondary N) is 1. The summed E-state index contributed by atoms with van der Waals surface area (Å²) in [7, 11) is 0. The molecule has 23 heavy (non-hydrogen) atoms. The number of nitrogens with zero attached hydrogens (tertiary/aromatic N) is 1. The molecule has 1 N–H and O–H groups in total. The predicted octanol–water partition coefficient (Wildman–Crippen LogP) is 4.50. The molecule has 0 amide bonds. The van der Waals surface area contributed by atoms with Crippen LogP contribution in [0.3, 0.4) is 0 Å². The van der Waals surface area contributed by atoms with Crippen molar-refractivity contribution in [3.63, 3.8) is 0 Å². The standard InChI is InChI=1S/C16H10BrF3N2O/c17-8-10-6-5-9(7-12(10)16(18,19)20)14-21-13-4-2-1-3-11(13)15(23)22-14/h1-7H,8H2,(H,21,22,23). The Kier molecular flexibility index (Phi) is 3.97. The number of hydrogen-bond acceptors (Lipinski definition) is 2. The molecule has 3 aromatic rings. The Morgan fingerprint density at radius 1 is 1.13 bits per heavy atom. The van der Waals surface area contributed by atoms with Gasteiger partial charge < -0.3 is 4.98 Å². The highest BCUT2D eigenvalue weighted by Crippen LogP contribution is 2.35. The third-order valence-electron chi connectivity index (χ3n) is 3.45. The summed E-state index contributed by atoms with van der Waals surface area (Å²) in [5.74, 6) is 0.111. The Labute approximate surface area is 137 Å². The van der Waals surface area contributed by atoms with Crippen molar-refractivity contribution in [1.29, 1.82) is 0 Å². The molecule has 0 aliphatic rings. The fourth-order valence-electron chi connectivity index (χ4n) is 2.33. The van der Waals surface area contributed by atoms with Gasteiger partial charge in [-0.1, -0.05) is 40.2 Å². The van der Waals surface area contributed by atoms with Crippen molar-refractivity contribution in [2.24, 2.45) is 0 Å². The van der Waals surface area contributed by atoms with E-state index in [-0.39, 0.29) is 27.8 Å². The summed E-state index contributed by atoms with van der Waals surface area (Å²) < 4.78 is 39.5. The molecule has 0 aliphatic carbocycles. The number of fused-ring (bicyclic) bond motifs is 1. The average Bonchev–Trinajstić information content (AvgIpc) is 2.53. The number of hydrogen-bond donors (Lipinski definition) is 1. The predicted molar refractivity (Wildman–Crippen MR) is 85.4 cm³/mol. The number of aromatic amines is 1. The molecule has 1 aromatic heterocycles. The topological polar surface area (TPSA) is 45.8 Å². The van der Waals surface area contributed by atoms with E-state index in [1.165, 1.54) is 12.1 Å². The molecule has 0 fully saturated rings. The second-order valence-electron chi connectivity index (χ2n) is 4.93. The minimum atomic E-state index is -4.48. The van der Waals surface area contributed by atoms with Crippen LogP contribution in [0.25, 0.3) is 22.3 Å².